The quantitative estimate of drug-likeness (QED) is 0.444. The monoisotopic (exact) mass is 357 g/mol. The van der Waals surface area contributed by atoms with Gasteiger partial charge in [-0.15, -0.1) is 0 Å². The zero-order valence-corrected chi connectivity index (χ0v) is 14.7. The molecule has 0 unspecified atom stereocenters. The van der Waals surface area contributed by atoms with Gasteiger partial charge in [0.2, 0.25) is 11.7 Å². The highest BCUT2D eigenvalue weighted by Gasteiger charge is 2.19. The smallest absolute Gasteiger partial charge is 0.232 e. The van der Waals surface area contributed by atoms with Crippen LogP contribution in [-0.2, 0) is 4.79 Å². The summed E-state index contributed by atoms with van der Waals surface area (Å²) in [6, 6.07) is 9.49. The zero-order valence-electron chi connectivity index (χ0n) is 14.7. The third kappa shape index (κ3) is 4.18. The second-order valence-corrected chi connectivity index (χ2v) is 5.27. The number of benzene rings is 2. The summed E-state index contributed by atoms with van der Waals surface area (Å²) >= 11 is 0. The molecule has 26 heavy (non-hydrogen) atoms. The Balaban J connectivity index is 2.19. The summed E-state index contributed by atoms with van der Waals surface area (Å²) in [5.41, 5.74) is 0.935. The molecule has 0 saturated carbocycles. The second-order valence-electron chi connectivity index (χ2n) is 5.27. The Bertz CT molecular complexity index is 806. The first-order chi connectivity index (χ1) is 12.5. The molecule has 0 aliphatic carbocycles. The van der Waals surface area contributed by atoms with E-state index in [4.69, 9.17) is 14.2 Å². The van der Waals surface area contributed by atoms with Crippen LogP contribution in [0.5, 0.6) is 17.2 Å². The molecule has 7 nitrogen and oxygen atoms in total. The molecule has 0 aliphatic heterocycles. The largest absolute Gasteiger partial charge is 0.493 e. The number of amides is 1. The lowest BCUT2D eigenvalue weighted by molar-refractivity contribution is -0.115. The summed E-state index contributed by atoms with van der Waals surface area (Å²) in [6.45, 7) is 0. The molecule has 0 atom stereocenters. The second kappa shape index (κ2) is 8.66. The molecule has 0 aromatic heterocycles. The maximum Gasteiger partial charge on any atom is 0.232 e. The van der Waals surface area contributed by atoms with Crippen molar-refractivity contribution in [3.05, 3.63) is 47.5 Å². The summed E-state index contributed by atoms with van der Waals surface area (Å²) < 4.78 is 15.6. The van der Waals surface area contributed by atoms with E-state index in [-0.39, 0.29) is 5.56 Å². The molecular formula is C19H19NO6. The normalized spacial score (nSPS) is 9.96. The predicted molar refractivity (Wildman–Crippen MR) is 95.5 cm³/mol. The van der Waals surface area contributed by atoms with Crippen LogP contribution in [-0.4, -0.2) is 39.3 Å². The summed E-state index contributed by atoms with van der Waals surface area (Å²) in [7, 11) is 4.34. The van der Waals surface area contributed by atoms with Crippen molar-refractivity contribution in [1.82, 2.24) is 0 Å². The first-order valence-corrected chi connectivity index (χ1v) is 7.71. The number of hydrogen-bond donors (Lipinski definition) is 1. The Morgan fingerprint density at radius 3 is 2.15 bits per heavy atom. The highest BCUT2D eigenvalue weighted by molar-refractivity contribution is 6.12. The van der Waals surface area contributed by atoms with Gasteiger partial charge in [0.15, 0.2) is 23.6 Å². The van der Waals surface area contributed by atoms with E-state index in [1.54, 1.807) is 24.3 Å². The van der Waals surface area contributed by atoms with Gasteiger partial charge >= 0.3 is 0 Å². The Labute approximate surface area is 150 Å². The van der Waals surface area contributed by atoms with Crippen LogP contribution in [0.2, 0.25) is 0 Å². The van der Waals surface area contributed by atoms with Crippen molar-refractivity contribution in [2.24, 2.45) is 0 Å². The van der Waals surface area contributed by atoms with Gasteiger partial charge in [0, 0.05) is 11.1 Å². The van der Waals surface area contributed by atoms with E-state index in [1.807, 2.05) is 0 Å². The molecule has 7 heteroatoms. The van der Waals surface area contributed by atoms with E-state index < -0.39 is 18.1 Å². The lowest BCUT2D eigenvalue weighted by Gasteiger charge is -2.13. The molecule has 2 aromatic carbocycles. The lowest BCUT2D eigenvalue weighted by Crippen LogP contribution is -2.17. The van der Waals surface area contributed by atoms with Crippen molar-refractivity contribution in [3.8, 4) is 17.2 Å². The van der Waals surface area contributed by atoms with Gasteiger partial charge in [0.1, 0.15) is 0 Å². The van der Waals surface area contributed by atoms with Crippen molar-refractivity contribution in [2.45, 2.75) is 6.42 Å². The molecule has 0 heterocycles. The number of carbonyl (C=O) groups excluding carboxylic acids is 3. The third-order valence-electron chi connectivity index (χ3n) is 3.67. The summed E-state index contributed by atoms with van der Waals surface area (Å²) in [4.78, 5) is 35.6. The van der Waals surface area contributed by atoms with Crippen LogP contribution in [0.15, 0.2) is 36.4 Å². The zero-order chi connectivity index (χ0) is 19.1. The minimum atomic E-state index is -0.530. The molecule has 0 spiro atoms. The topological polar surface area (TPSA) is 90.9 Å². The van der Waals surface area contributed by atoms with Crippen LogP contribution in [0.3, 0.4) is 0 Å². The number of rotatable bonds is 8. The van der Waals surface area contributed by atoms with Crippen molar-refractivity contribution >= 4 is 23.7 Å². The number of ether oxygens (including phenoxy) is 3. The Kier molecular flexibility index (Phi) is 6.32. The van der Waals surface area contributed by atoms with Crippen molar-refractivity contribution in [2.75, 3.05) is 26.6 Å². The van der Waals surface area contributed by atoms with E-state index in [1.165, 1.54) is 33.5 Å². The highest BCUT2D eigenvalue weighted by atomic mass is 16.5. The fourth-order valence-electron chi connectivity index (χ4n) is 2.40. The van der Waals surface area contributed by atoms with Gasteiger partial charge in [0.25, 0.3) is 0 Å². The molecule has 1 N–H and O–H groups in total. The molecule has 0 saturated heterocycles. The first-order valence-electron chi connectivity index (χ1n) is 7.71. The first kappa shape index (κ1) is 19.0. The molecule has 0 fully saturated rings. The standard InChI is InChI=1S/C19H19NO6/c1-24-16-8-13(9-17(25-2)19(16)26-3)15(22)10-18(23)20-14-7-5-4-6-12(14)11-21/h4-9,11H,10H2,1-3H3,(H,20,23). The van der Waals surface area contributed by atoms with E-state index in [2.05, 4.69) is 5.32 Å². The fourth-order valence-corrected chi connectivity index (χ4v) is 2.40. The van der Waals surface area contributed by atoms with Crippen LogP contribution in [0.25, 0.3) is 0 Å². The summed E-state index contributed by atoms with van der Waals surface area (Å²) in [6.07, 6.45) is 0.239. The number of carbonyl (C=O) groups is 3. The van der Waals surface area contributed by atoms with Crippen LogP contribution in [0, 0.1) is 0 Å². The van der Waals surface area contributed by atoms with Gasteiger partial charge < -0.3 is 19.5 Å². The van der Waals surface area contributed by atoms with Crippen molar-refractivity contribution < 1.29 is 28.6 Å². The molecular weight excluding hydrogens is 338 g/mol. The Morgan fingerprint density at radius 1 is 1.00 bits per heavy atom. The SMILES string of the molecule is COc1cc(C(=O)CC(=O)Nc2ccccc2C=O)cc(OC)c1OC. The minimum absolute atomic E-state index is 0.248. The molecule has 0 radical (unpaired) electrons. The highest BCUT2D eigenvalue weighted by Crippen LogP contribution is 2.38. The molecule has 2 aromatic rings. The number of anilines is 1. The van der Waals surface area contributed by atoms with Crippen LogP contribution in [0.4, 0.5) is 5.69 Å². The molecule has 0 aliphatic rings. The van der Waals surface area contributed by atoms with Crippen LogP contribution in [0.1, 0.15) is 27.1 Å². The Hall–Kier alpha value is -3.35. The fraction of sp³-hybridized carbons (Fsp3) is 0.211. The van der Waals surface area contributed by atoms with E-state index in [0.29, 0.717) is 34.8 Å². The van der Waals surface area contributed by atoms with Gasteiger partial charge in [-0.2, -0.15) is 0 Å². The maximum atomic E-state index is 12.5. The van der Waals surface area contributed by atoms with Gasteiger partial charge in [0.05, 0.1) is 33.4 Å². The number of Topliss-reactive ketones (excluding diaryl/α,β-unsaturated/α-hetero) is 1. The summed E-state index contributed by atoms with van der Waals surface area (Å²) in [5.74, 6) is 0.0446. The Morgan fingerprint density at radius 2 is 1.62 bits per heavy atom. The average Bonchev–Trinajstić information content (AvgIpc) is 2.66. The number of hydrogen-bond acceptors (Lipinski definition) is 6. The number of nitrogens with one attached hydrogen (secondary N) is 1. The number of para-hydroxylation sites is 1. The molecule has 1 amide bonds. The van der Waals surface area contributed by atoms with E-state index in [9.17, 15) is 14.4 Å². The van der Waals surface area contributed by atoms with Crippen molar-refractivity contribution in [3.63, 3.8) is 0 Å². The van der Waals surface area contributed by atoms with Gasteiger partial charge in [-0.1, -0.05) is 12.1 Å². The minimum Gasteiger partial charge on any atom is -0.493 e. The van der Waals surface area contributed by atoms with Crippen LogP contribution >= 0.6 is 0 Å². The van der Waals surface area contributed by atoms with Gasteiger partial charge in [-0.3, -0.25) is 14.4 Å². The summed E-state index contributed by atoms with van der Waals surface area (Å²) in [5, 5.41) is 2.56. The van der Waals surface area contributed by atoms with Crippen molar-refractivity contribution in [1.29, 1.82) is 0 Å². The number of methoxy groups -OCH3 is 3. The predicted octanol–water partition coefficient (Wildman–Crippen LogP) is 2.74. The molecule has 2 rings (SSSR count). The number of ketones is 1. The average molecular weight is 357 g/mol. The van der Waals surface area contributed by atoms with Crippen LogP contribution < -0.4 is 19.5 Å². The maximum absolute atomic E-state index is 12.5. The molecule has 0 bridgehead atoms. The van der Waals surface area contributed by atoms with Gasteiger partial charge in [-0.25, -0.2) is 0 Å². The lowest BCUT2D eigenvalue weighted by atomic mass is 10.1. The molecule has 136 valence electrons. The number of aldehydes is 1. The third-order valence-corrected chi connectivity index (χ3v) is 3.67. The van der Waals surface area contributed by atoms with E-state index in [0.717, 1.165) is 0 Å². The van der Waals surface area contributed by atoms with Gasteiger partial charge in [-0.05, 0) is 24.3 Å². The van der Waals surface area contributed by atoms with E-state index >= 15 is 0 Å².